The van der Waals surface area contributed by atoms with Crippen LogP contribution in [0.5, 0.6) is 0 Å². The second-order valence-electron chi connectivity index (χ2n) is 7.41. The maximum absolute atomic E-state index is 6.16. The number of furan rings is 1. The predicted octanol–water partition coefficient (Wildman–Crippen LogP) is 7.90. The highest BCUT2D eigenvalue weighted by molar-refractivity contribution is 7.25. The van der Waals surface area contributed by atoms with E-state index in [1.807, 2.05) is 23.5 Å². The van der Waals surface area contributed by atoms with Gasteiger partial charge in [-0.1, -0.05) is 54.6 Å². The zero-order valence-corrected chi connectivity index (χ0v) is 16.2. The second-order valence-corrected chi connectivity index (χ2v) is 8.44. The molecule has 0 fully saturated rings. The summed E-state index contributed by atoms with van der Waals surface area (Å²) in [5.41, 5.74) is 4.23. The number of hydrogen-bond acceptors (Lipinski definition) is 2. The topological polar surface area (TPSA) is 18.1 Å². The molecule has 0 N–H and O–H groups in total. The van der Waals surface area contributed by atoms with Gasteiger partial charge in [0, 0.05) is 37.7 Å². The van der Waals surface area contributed by atoms with Crippen LogP contribution in [-0.4, -0.2) is 4.57 Å². The maximum Gasteiger partial charge on any atom is 0.137 e. The lowest BCUT2D eigenvalue weighted by molar-refractivity contribution is 0.668. The summed E-state index contributed by atoms with van der Waals surface area (Å²) in [5.74, 6) is 0. The van der Waals surface area contributed by atoms with Gasteiger partial charge in [0.15, 0.2) is 0 Å². The van der Waals surface area contributed by atoms with Crippen molar-refractivity contribution in [1.29, 1.82) is 0 Å². The third kappa shape index (κ3) is 2.00. The second kappa shape index (κ2) is 5.49. The number of nitrogens with zero attached hydrogens (tertiary/aromatic N) is 1. The van der Waals surface area contributed by atoms with Crippen molar-refractivity contribution in [3.63, 3.8) is 0 Å². The minimum Gasteiger partial charge on any atom is -0.456 e. The van der Waals surface area contributed by atoms with Crippen LogP contribution in [0.1, 0.15) is 0 Å². The highest BCUT2D eigenvalue weighted by atomic mass is 32.1. The van der Waals surface area contributed by atoms with Crippen molar-refractivity contribution in [1.82, 2.24) is 4.57 Å². The van der Waals surface area contributed by atoms with Crippen LogP contribution in [0.15, 0.2) is 95.4 Å². The molecule has 3 heteroatoms. The number of fused-ring (bicyclic) bond motifs is 8. The van der Waals surface area contributed by atoms with Gasteiger partial charge < -0.3 is 8.98 Å². The van der Waals surface area contributed by atoms with Gasteiger partial charge in [0.2, 0.25) is 0 Å². The van der Waals surface area contributed by atoms with E-state index in [0.29, 0.717) is 0 Å². The van der Waals surface area contributed by atoms with Crippen molar-refractivity contribution >= 4 is 64.5 Å². The average molecular weight is 389 g/mol. The van der Waals surface area contributed by atoms with Gasteiger partial charge in [0.1, 0.15) is 16.0 Å². The molecule has 0 unspecified atom stereocenters. The summed E-state index contributed by atoms with van der Waals surface area (Å²) < 4.78 is 9.86. The van der Waals surface area contributed by atoms with E-state index >= 15 is 0 Å². The van der Waals surface area contributed by atoms with Gasteiger partial charge in [0.05, 0.1) is 11.2 Å². The van der Waals surface area contributed by atoms with Crippen molar-refractivity contribution in [2.45, 2.75) is 0 Å². The monoisotopic (exact) mass is 389 g/mol. The Bertz CT molecular complexity index is 1710. The first-order chi connectivity index (χ1) is 14.4. The Morgan fingerprint density at radius 3 is 2.28 bits per heavy atom. The molecule has 3 aromatic heterocycles. The molecular weight excluding hydrogens is 374 g/mol. The van der Waals surface area contributed by atoms with E-state index in [4.69, 9.17) is 4.42 Å². The Hall–Kier alpha value is -3.56. The lowest BCUT2D eigenvalue weighted by Crippen LogP contribution is -1.91. The van der Waals surface area contributed by atoms with E-state index in [2.05, 4.69) is 83.4 Å². The molecule has 29 heavy (non-hydrogen) atoms. The first kappa shape index (κ1) is 15.4. The fourth-order valence-electron chi connectivity index (χ4n) is 4.55. The van der Waals surface area contributed by atoms with Gasteiger partial charge in [0.25, 0.3) is 0 Å². The average Bonchev–Trinajstić information content (AvgIpc) is 3.41. The zero-order chi connectivity index (χ0) is 18.9. The highest BCUT2D eigenvalue weighted by Crippen LogP contribution is 2.42. The number of benzene rings is 4. The summed E-state index contributed by atoms with van der Waals surface area (Å²) in [4.78, 5) is 1.28. The minimum absolute atomic E-state index is 0.927. The fourth-order valence-corrected chi connectivity index (χ4v) is 5.80. The summed E-state index contributed by atoms with van der Waals surface area (Å²) >= 11 is 1.85. The third-order valence-corrected chi connectivity index (χ3v) is 6.97. The summed E-state index contributed by atoms with van der Waals surface area (Å²) in [7, 11) is 0. The van der Waals surface area contributed by atoms with Gasteiger partial charge >= 0.3 is 0 Å². The number of rotatable bonds is 1. The van der Waals surface area contributed by atoms with Crippen LogP contribution in [0.4, 0.5) is 0 Å². The van der Waals surface area contributed by atoms with Crippen LogP contribution in [0, 0.1) is 0 Å². The lowest BCUT2D eigenvalue weighted by atomic mass is 10.1. The molecule has 0 saturated carbocycles. The normalized spacial score (nSPS) is 12.1. The number of hydrogen-bond donors (Lipinski definition) is 0. The van der Waals surface area contributed by atoms with Gasteiger partial charge in [-0.05, 0) is 30.3 Å². The Morgan fingerprint density at radius 1 is 0.621 bits per heavy atom. The van der Waals surface area contributed by atoms with E-state index in [1.54, 1.807) is 0 Å². The largest absolute Gasteiger partial charge is 0.456 e. The van der Waals surface area contributed by atoms with E-state index < -0.39 is 0 Å². The first-order valence-corrected chi connectivity index (χ1v) is 10.5. The van der Waals surface area contributed by atoms with Crippen molar-refractivity contribution in [2.24, 2.45) is 0 Å². The van der Waals surface area contributed by atoms with Crippen LogP contribution >= 0.6 is 11.3 Å². The van der Waals surface area contributed by atoms with Crippen LogP contribution in [0.2, 0.25) is 0 Å². The Kier molecular flexibility index (Phi) is 2.91. The standard InChI is InChI=1S/C26H15NOS/c1-4-10-21-19(8-1)25-20-9-3-6-12-24(20)29-26(25)27(21)16-13-14-18-17-7-2-5-11-22(17)28-23(18)15-16/h1-15H. The third-order valence-electron chi connectivity index (χ3n) is 5.81. The molecule has 0 aliphatic carbocycles. The molecular formula is C26H15NOS. The summed E-state index contributed by atoms with van der Waals surface area (Å²) in [6, 6.07) is 32.2. The highest BCUT2D eigenvalue weighted by Gasteiger charge is 2.18. The van der Waals surface area contributed by atoms with Crippen molar-refractivity contribution < 1.29 is 4.42 Å². The Balaban J connectivity index is 1.63. The summed E-state index contributed by atoms with van der Waals surface area (Å²) in [5, 5.41) is 6.29. The molecule has 0 saturated heterocycles. The minimum atomic E-state index is 0.927. The van der Waals surface area contributed by atoms with Gasteiger partial charge in [-0.25, -0.2) is 0 Å². The van der Waals surface area contributed by atoms with Crippen molar-refractivity contribution in [2.75, 3.05) is 0 Å². The number of thiophene rings is 1. The molecule has 7 rings (SSSR count). The van der Waals surface area contributed by atoms with Gasteiger partial charge in [-0.3, -0.25) is 0 Å². The quantitative estimate of drug-likeness (QED) is 0.279. The molecule has 0 radical (unpaired) electrons. The number of aromatic nitrogens is 1. The molecule has 0 aliphatic rings. The van der Waals surface area contributed by atoms with Crippen LogP contribution in [0.25, 0.3) is 58.8 Å². The van der Waals surface area contributed by atoms with E-state index in [1.165, 1.54) is 36.6 Å². The van der Waals surface area contributed by atoms with E-state index in [-0.39, 0.29) is 0 Å². The lowest BCUT2D eigenvalue weighted by Gasteiger charge is -2.06. The molecule has 0 amide bonds. The zero-order valence-electron chi connectivity index (χ0n) is 15.4. The van der Waals surface area contributed by atoms with E-state index in [0.717, 1.165) is 22.2 Å². The smallest absolute Gasteiger partial charge is 0.137 e. The fraction of sp³-hybridized carbons (Fsp3) is 0. The maximum atomic E-state index is 6.16. The van der Waals surface area contributed by atoms with Gasteiger partial charge in [-0.15, -0.1) is 11.3 Å². The first-order valence-electron chi connectivity index (χ1n) is 9.71. The van der Waals surface area contributed by atoms with Crippen LogP contribution < -0.4 is 0 Å². The molecule has 4 aromatic carbocycles. The summed E-state index contributed by atoms with van der Waals surface area (Å²) in [6.45, 7) is 0. The molecule has 0 spiro atoms. The number of para-hydroxylation sites is 2. The SMILES string of the molecule is c1ccc2c(c1)oc1cc(-n3c4ccccc4c4c5ccccc5sc43)ccc12. The van der Waals surface area contributed by atoms with Gasteiger partial charge in [-0.2, -0.15) is 0 Å². The molecule has 3 heterocycles. The van der Waals surface area contributed by atoms with E-state index in [9.17, 15) is 0 Å². The van der Waals surface area contributed by atoms with Crippen molar-refractivity contribution in [3.05, 3.63) is 91.0 Å². The molecule has 0 aliphatic heterocycles. The predicted molar refractivity (Wildman–Crippen MR) is 123 cm³/mol. The van der Waals surface area contributed by atoms with Crippen LogP contribution in [0.3, 0.4) is 0 Å². The Morgan fingerprint density at radius 2 is 1.34 bits per heavy atom. The molecule has 136 valence electrons. The molecule has 2 nitrogen and oxygen atoms in total. The summed E-state index contributed by atoms with van der Waals surface area (Å²) in [6.07, 6.45) is 0. The Labute approximate surface area is 170 Å². The van der Waals surface area contributed by atoms with Crippen molar-refractivity contribution in [3.8, 4) is 5.69 Å². The van der Waals surface area contributed by atoms with Crippen LogP contribution in [-0.2, 0) is 0 Å². The molecule has 0 bridgehead atoms. The molecule has 7 aromatic rings. The molecule has 0 atom stereocenters.